The van der Waals surface area contributed by atoms with Gasteiger partial charge in [-0.2, -0.15) is 8.42 Å². The van der Waals surface area contributed by atoms with Crippen molar-refractivity contribution >= 4 is 45.5 Å². The molecule has 0 spiro atoms. The van der Waals surface area contributed by atoms with Crippen LogP contribution in [0.3, 0.4) is 0 Å². The third-order valence-electron chi connectivity index (χ3n) is 3.68. The van der Waals surface area contributed by atoms with Gasteiger partial charge in [-0.1, -0.05) is 6.92 Å². The molecule has 24 heavy (non-hydrogen) atoms. The smallest absolute Gasteiger partial charge is 0.415 e. The maximum Gasteiger partial charge on any atom is 0.415 e. The molecule has 1 aromatic heterocycles. The highest BCUT2D eigenvalue weighted by Crippen LogP contribution is 2.33. The van der Waals surface area contributed by atoms with E-state index in [9.17, 15) is 18.0 Å². The van der Waals surface area contributed by atoms with Gasteiger partial charge in [0.05, 0.1) is 22.9 Å². The molecule has 0 aromatic carbocycles. The number of thioether (sulfide) groups is 1. The van der Waals surface area contributed by atoms with Crippen LogP contribution >= 0.6 is 11.8 Å². The van der Waals surface area contributed by atoms with E-state index in [1.54, 1.807) is 19.1 Å². The summed E-state index contributed by atoms with van der Waals surface area (Å²) in [6.07, 6.45) is -1.33. The highest BCUT2D eigenvalue weighted by Gasteiger charge is 2.38. The van der Waals surface area contributed by atoms with Crippen LogP contribution in [0.15, 0.2) is 17.0 Å². The second-order valence-electron chi connectivity index (χ2n) is 5.61. The van der Waals surface area contributed by atoms with Gasteiger partial charge in [0, 0.05) is 5.92 Å². The number of anilines is 2. The summed E-state index contributed by atoms with van der Waals surface area (Å²) in [5, 5.41) is 2.64. The zero-order valence-corrected chi connectivity index (χ0v) is 14.3. The monoisotopic (exact) mass is 373 g/mol. The Balaban J connectivity index is 1.77. The molecule has 2 amide bonds. The number of hydrogen-bond donors (Lipinski definition) is 2. The maximum absolute atomic E-state index is 12.0. The predicted molar refractivity (Wildman–Crippen MR) is 86.8 cm³/mol. The van der Waals surface area contributed by atoms with Crippen molar-refractivity contribution in [1.82, 2.24) is 4.98 Å². The number of ether oxygens (including phenoxy) is 1. The lowest BCUT2D eigenvalue weighted by Gasteiger charge is -2.19. The fourth-order valence-corrected chi connectivity index (χ4v) is 4.15. The average molecular weight is 373 g/mol. The first-order valence-corrected chi connectivity index (χ1v) is 9.69. The minimum Gasteiger partial charge on any atom is -0.444 e. The van der Waals surface area contributed by atoms with Gasteiger partial charge in [-0.25, -0.2) is 9.78 Å². The first-order valence-electron chi connectivity index (χ1n) is 7.10. The number of nitrogens with one attached hydrogen (secondary N) is 1. The summed E-state index contributed by atoms with van der Waals surface area (Å²) in [7, 11) is -4.15. The molecule has 1 fully saturated rings. The van der Waals surface area contributed by atoms with Crippen molar-refractivity contribution in [3.8, 4) is 0 Å². The van der Waals surface area contributed by atoms with Gasteiger partial charge in [-0.05, 0) is 12.1 Å². The van der Waals surface area contributed by atoms with E-state index in [0.29, 0.717) is 17.4 Å². The number of aromatic nitrogens is 1. The maximum atomic E-state index is 12.0. The van der Waals surface area contributed by atoms with E-state index in [4.69, 9.17) is 9.29 Å². The second-order valence-corrected chi connectivity index (χ2v) is 8.13. The number of fused-ring (bicyclic) bond motifs is 1. The lowest BCUT2D eigenvalue weighted by atomic mass is 10.1. The largest absolute Gasteiger partial charge is 0.444 e. The number of cyclic esters (lactones) is 1. The molecule has 3 rings (SSSR count). The molecule has 0 bridgehead atoms. The average Bonchev–Trinajstić information content (AvgIpc) is 2.87. The molecule has 0 radical (unpaired) electrons. The molecule has 0 saturated carbocycles. The Bertz CT molecular complexity index is 797. The highest BCUT2D eigenvalue weighted by atomic mass is 32.2. The molecule has 1 unspecified atom stereocenters. The van der Waals surface area contributed by atoms with Crippen LogP contribution in [0, 0.1) is 5.92 Å². The number of hydrogen-bond acceptors (Lipinski definition) is 7. The molecule has 1 aromatic rings. The van der Waals surface area contributed by atoms with Crippen molar-refractivity contribution in [3.05, 3.63) is 12.1 Å². The third-order valence-corrected chi connectivity index (χ3v) is 5.67. The van der Waals surface area contributed by atoms with Crippen molar-refractivity contribution in [1.29, 1.82) is 0 Å². The number of nitrogens with zero attached hydrogens (tertiary/aromatic N) is 2. The SMILES string of the molecule is CC(CS(=O)(=O)O)[C@@H]1CN(c2ccc3c(n2)NC(=O)CS3)C(=O)O1. The molecule has 9 nitrogen and oxygen atoms in total. The summed E-state index contributed by atoms with van der Waals surface area (Å²) in [4.78, 5) is 29.8. The van der Waals surface area contributed by atoms with Gasteiger partial charge < -0.3 is 10.1 Å². The van der Waals surface area contributed by atoms with Crippen molar-refractivity contribution in [3.63, 3.8) is 0 Å². The molecule has 1 saturated heterocycles. The van der Waals surface area contributed by atoms with E-state index >= 15 is 0 Å². The standard InChI is InChI=1S/C13H15N3O6S2/c1-7(6-24(19,20)21)8-4-16(13(18)22-8)10-3-2-9-12(14-10)15-11(17)5-23-9/h2-3,7-8H,4-6H2,1H3,(H,14,15,17)(H,19,20,21)/t7?,8-/m0/s1. The number of carbonyl (C=O) groups is 2. The summed E-state index contributed by atoms with van der Waals surface area (Å²) in [5.41, 5.74) is 0. The second kappa shape index (κ2) is 6.22. The van der Waals surface area contributed by atoms with Crippen molar-refractivity contribution in [2.75, 3.05) is 28.3 Å². The highest BCUT2D eigenvalue weighted by molar-refractivity contribution is 8.00. The minimum atomic E-state index is -4.15. The van der Waals surface area contributed by atoms with E-state index in [2.05, 4.69) is 10.3 Å². The third kappa shape index (κ3) is 3.62. The van der Waals surface area contributed by atoms with Crippen LogP contribution in [0.4, 0.5) is 16.4 Å². The Morgan fingerprint density at radius 2 is 2.25 bits per heavy atom. The molecule has 3 heterocycles. The molecule has 130 valence electrons. The Morgan fingerprint density at radius 1 is 1.50 bits per heavy atom. The molecule has 2 N–H and O–H groups in total. The summed E-state index contributed by atoms with van der Waals surface area (Å²) in [5.74, 6) is -0.223. The summed E-state index contributed by atoms with van der Waals surface area (Å²) < 4.78 is 36.0. The number of amides is 2. The lowest BCUT2D eigenvalue weighted by Crippen LogP contribution is -2.30. The van der Waals surface area contributed by atoms with Crippen LogP contribution in [0.5, 0.6) is 0 Å². The van der Waals surface area contributed by atoms with Gasteiger partial charge in [-0.15, -0.1) is 11.8 Å². The normalized spacial score (nSPS) is 21.9. The fraction of sp³-hybridized carbons (Fsp3) is 0.462. The van der Waals surface area contributed by atoms with Gasteiger partial charge in [0.15, 0.2) is 0 Å². The van der Waals surface area contributed by atoms with Crippen LogP contribution in [-0.4, -0.2) is 54.1 Å². The summed E-state index contributed by atoms with van der Waals surface area (Å²) >= 11 is 1.36. The Hall–Kier alpha value is -1.85. The summed E-state index contributed by atoms with van der Waals surface area (Å²) in [6.45, 7) is 1.69. The molecular weight excluding hydrogens is 358 g/mol. The quantitative estimate of drug-likeness (QED) is 0.748. The van der Waals surface area contributed by atoms with Crippen molar-refractivity contribution < 1.29 is 27.3 Å². The topological polar surface area (TPSA) is 126 Å². The fourth-order valence-electron chi connectivity index (χ4n) is 2.51. The van der Waals surface area contributed by atoms with Crippen LogP contribution in [-0.2, 0) is 19.6 Å². The molecule has 2 aliphatic heterocycles. The van der Waals surface area contributed by atoms with Crippen LogP contribution in [0.25, 0.3) is 0 Å². The van der Waals surface area contributed by atoms with Crippen LogP contribution < -0.4 is 10.2 Å². The zero-order valence-electron chi connectivity index (χ0n) is 12.6. The van der Waals surface area contributed by atoms with Gasteiger partial charge in [0.25, 0.3) is 10.1 Å². The van der Waals surface area contributed by atoms with E-state index in [-0.39, 0.29) is 12.5 Å². The minimum absolute atomic E-state index is 0.113. The number of carbonyl (C=O) groups excluding carboxylic acids is 2. The number of pyridine rings is 1. The van der Waals surface area contributed by atoms with Gasteiger partial charge >= 0.3 is 6.09 Å². The first kappa shape index (κ1) is 17.0. The van der Waals surface area contributed by atoms with Crippen molar-refractivity contribution in [2.24, 2.45) is 5.92 Å². The Morgan fingerprint density at radius 3 is 2.96 bits per heavy atom. The predicted octanol–water partition coefficient (Wildman–Crippen LogP) is 0.975. The van der Waals surface area contributed by atoms with E-state index in [1.807, 2.05) is 0 Å². The Labute approximate surface area is 142 Å². The van der Waals surface area contributed by atoms with Crippen molar-refractivity contribution in [2.45, 2.75) is 17.9 Å². The first-order chi connectivity index (χ1) is 11.2. The number of rotatable bonds is 4. The van der Waals surface area contributed by atoms with Gasteiger partial charge in [0.2, 0.25) is 5.91 Å². The van der Waals surface area contributed by atoms with E-state index in [0.717, 1.165) is 4.90 Å². The lowest BCUT2D eigenvalue weighted by molar-refractivity contribution is -0.113. The van der Waals surface area contributed by atoms with Gasteiger partial charge in [0.1, 0.15) is 17.7 Å². The summed E-state index contributed by atoms with van der Waals surface area (Å²) in [6, 6.07) is 3.39. The molecular formula is C13H15N3O6S2. The van der Waals surface area contributed by atoms with Crippen LogP contribution in [0.1, 0.15) is 6.92 Å². The molecule has 2 atom stereocenters. The van der Waals surface area contributed by atoms with Crippen LogP contribution in [0.2, 0.25) is 0 Å². The van der Waals surface area contributed by atoms with Gasteiger partial charge in [-0.3, -0.25) is 14.2 Å². The molecule has 11 heteroatoms. The zero-order chi connectivity index (χ0) is 17.5. The van der Waals surface area contributed by atoms with E-state index in [1.165, 1.54) is 16.7 Å². The van der Waals surface area contributed by atoms with E-state index < -0.39 is 34.0 Å². The Kier molecular flexibility index (Phi) is 4.40. The molecule has 2 aliphatic rings. The molecule has 0 aliphatic carbocycles.